The topological polar surface area (TPSA) is 84.1 Å². The van der Waals surface area contributed by atoms with E-state index in [1.807, 2.05) is 0 Å². The molecule has 2 N–H and O–H groups in total. The molecule has 1 saturated carbocycles. The summed E-state index contributed by atoms with van der Waals surface area (Å²) in [4.78, 5) is 0.262. The molecule has 0 unspecified atom stereocenters. The van der Waals surface area contributed by atoms with E-state index in [4.69, 9.17) is 4.74 Å². The second-order valence-corrected chi connectivity index (χ2v) is 6.06. The van der Waals surface area contributed by atoms with E-state index in [2.05, 4.69) is 14.9 Å². The molecule has 0 saturated heterocycles. The van der Waals surface area contributed by atoms with E-state index in [0.717, 1.165) is 12.8 Å². The average molecular weight is 259 g/mol. The Morgan fingerprint density at radius 3 is 2.53 bits per heavy atom. The van der Waals surface area contributed by atoms with Gasteiger partial charge in [0.15, 0.2) is 0 Å². The highest BCUT2D eigenvalue weighted by molar-refractivity contribution is 7.89. The van der Waals surface area contributed by atoms with Crippen LogP contribution in [0.3, 0.4) is 0 Å². The number of methoxy groups -OCH3 is 1. The van der Waals surface area contributed by atoms with E-state index < -0.39 is 10.0 Å². The van der Waals surface area contributed by atoms with Gasteiger partial charge in [0, 0.05) is 13.2 Å². The molecule has 1 heterocycles. The van der Waals surface area contributed by atoms with Crippen LogP contribution in [0.1, 0.15) is 24.2 Å². The minimum atomic E-state index is -3.47. The predicted molar refractivity (Wildman–Crippen MR) is 62.2 cm³/mol. The molecular formula is C10H17N3O3S. The number of aryl methyl sites for hydroxylation is 2. The Balaban J connectivity index is 2.10. The molecule has 1 aromatic heterocycles. The normalized spacial score (nSPS) is 24.6. The molecular weight excluding hydrogens is 242 g/mol. The lowest BCUT2D eigenvalue weighted by atomic mass is 9.90. The van der Waals surface area contributed by atoms with Crippen molar-refractivity contribution in [2.75, 3.05) is 7.11 Å². The van der Waals surface area contributed by atoms with Gasteiger partial charge in [0.25, 0.3) is 0 Å². The first kappa shape index (κ1) is 12.5. The molecule has 17 heavy (non-hydrogen) atoms. The lowest BCUT2D eigenvalue weighted by molar-refractivity contribution is 0.0236. The van der Waals surface area contributed by atoms with Crippen molar-refractivity contribution in [1.82, 2.24) is 14.9 Å². The minimum absolute atomic E-state index is 0.0290. The summed E-state index contributed by atoms with van der Waals surface area (Å²) < 4.78 is 32.0. The molecule has 0 aliphatic heterocycles. The van der Waals surface area contributed by atoms with Gasteiger partial charge in [-0.2, -0.15) is 5.10 Å². The fraction of sp³-hybridized carbons (Fsp3) is 0.700. The van der Waals surface area contributed by atoms with Crippen LogP contribution in [0.5, 0.6) is 0 Å². The summed E-state index contributed by atoms with van der Waals surface area (Å²) in [5.41, 5.74) is 1.07. The molecule has 0 spiro atoms. The van der Waals surface area contributed by atoms with Crippen LogP contribution >= 0.6 is 0 Å². The van der Waals surface area contributed by atoms with Gasteiger partial charge in [-0.1, -0.05) is 0 Å². The summed E-state index contributed by atoms with van der Waals surface area (Å²) >= 11 is 0. The van der Waals surface area contributed by atoms with E-state index >= 15 is 0 Å². The molecule has 0 bridgehead atoms. The number of hydrogen-bond donors (Lipinski definition) is 2. The van der Waals surface area contributed by atoms with E-state index in [1.54, 1.807) is 21.0 Å². The second-order valence-electron chi connectivity index (χ2n) is 4.41. The molecule has 0 amide bonds. The van der Waals surface area contributed by atoms with Crippen molar-refractivity contribution in [3.8, 4) is 0 Å². The van der Waals surface area contributed by atoms with Crippen molar-refractivity contribution in [3.05, 3.63) is 11.4 Å². The summed E-state index contributed by atoms with van der Waals surface area (Å²) in [7, 11) is -1.83. The molecule has 2 rings (SSSR count). The smallest absolute Gasteiger partial charge is 0.244 e. The van der Waals surface area contributed by atoms with Crippen LogP contribution in [-0.2, 0) is 14.8 Å². The number of H-pyrrole nitrogens is 1. The lowest BCUT2D eigenvalue weighted by Crippen LogP contribution is -2.47. The van der Waals surface area contributed by atoms with Gasteiger partial charge in [0.1, 0.15) is 4.90 Å². The number of nitrogens with zero attached hydrogens (tertiary/aromatic N) is 1. The summed E-state index contributed by atoms with van der Waals surface area (Å²) in [6.45, 7) is 3.38. The zero-order chi connectivity index (χ0) is 12.6. The monoisotopic (exact) mass is 259 g/mol. The minimum Gasteiger partial charge on any atom is -0.381 e. The van der Waals surface area contributed by atoms with Crippen molar-refractivity contribution in [2.24, 2.45) is 0 Å². The van der Waals surface area contributed by atoms with E-state index in [9.17, 15) is 8.42 Å². The van der Waals surface area contributed by atoms with Crippen molar-refractivity contribution < 1.29 is 13.2 Å². The van der Waals surface area contributed by atoms with Gasteiger partial charge in [0.05, 0.1) is 17.5 Å². The molecule has 6 nitrogen and oxygen atoms in total. The predicted octanol–water partition coefficient (Wildman–Crippen LogP) is 0.482. The molecule has 96 valence electrons. The van der Waals surface area contributed by atoms with Gasteiger partial charge >= 0.3 is 0 Å². The van der Waals surface area contributed by atoms with Crippen molar-refractivity contribution >= 4 is 10.0 Å². The quantitative estimate of drug-likeness (QED) is 0.824. The summed E-state index contributed by atoms with van der Waals surface area (Å²) in [6.07, 6.45) is 1.63. The fourth-order valence-electron chi connectivity index (χ4n) is 2.07. The standard InChI is InChI=1S/C10H17N3O3S/c1-6-10(7(2)12-11-6)17(14,15)13-8-4-9(5-8)16-3/h8-9,13H,4-5H2,1-3H3,(H,11,12). The van der Waals surface area contributed by atoms with Gasteiger partial charge in [-0.3, -0.25) is 5.10 Å². The number of hydrogen-bond acceptors (Lipinski definition) is 4. The Morgan fingerprint density at radius 1 is 1.41 bits per heavy atom. The Labute approximate surface area is 101 Å². The maximum absolute atomic E-state index is 12.1. The van der Waals surface area contributed by atoms with Crippen LogP contribution in [-0.4, -0.2) is 37.9 Å². The highest BCUT2D eigenvalue weighted by Crippen LogP contribution is 2.25. The molecule has 1 aliphatic carbocycles. The van der Waals surface area contributed by atoms with Crippen LogP contribution in [0.4, 0.5) is 0 Å². The Kier molecular flexibility index (Phi) is 3.24. The Morgan fingerprint density at radius 2 is 2.06 bits per heavy atom. The van der Waals surface area contributed by atoms with E-state index in [1.165, 1.54) is 0 Å². The Bertz CT molecular complexity index is 483. The summed E-state index contributed by atoms with van der Waals surface area (Å²) in [5.74, 6) is 0. The molecule has 1 fully saturated rings. The van der Waals surface area contributed by atoms with E-state index in [-0.39, 0.29) is 17.0 Å². The van der Waals surface area contributed by atoms with Crippen molar-refractivity contribution in [3.63, 3.8) is 0 Å². The van der Waals surface area contributed by atoms with E-state index in [0.29, 0.717) is 11.4 Å². The summed E-state index contributed by atoms with van der Waals surface area (Å²) in [5, 5.41) is 6.57. The average Bonchev–Trinajstić information content (AvgIpc) is 2.52. The maximum atomic E-state index is 12.1. The molecule has 1 aliphatic rings. The van der Waals surface area contributed by atoms with Gasteiger partial charge in [-0.15, -0.1) is 0 Å². The third-order valence-corrected chi connectivity index (χ3v) is 4.86. The summed E-state index contributed by atoms with van der Waals surface area (Å²) in [6, 6.07) is -0.0290. The molecule has 1 aromatic rings. The van der Waals surface area contributed by atoms with Crippen molar-refractivity contribution in [2.45, 2.75) is 43.7 Å². The van der Waals surface area contributed by atoms with Crippen LogP contribution in [0.25, 0.3) is 0 Å². The zero-order valence-electron chi connectivity index (χ0n) is 10.1. The highest BCUT2D eigenvalue weighted by Gasteiger charge is 2.34. The second kappa shape index (κ2) is 4.40. The first-order valence-electron chi connectivity index (χ1n) is 5.50. The fourth-order valence-corrected chi connectivity index (χ4v) is 3.70. The first-order chi connectivity index (χ1) is 7.94. The van der Waals surface area contributed by atoms with Crippen LogP contribution in [0, 0.1) is 13.8 Å². The number of nitrogens with one attached hydrogen (secondary N) is 2. The SMILES string of the molecule is COC1CC(NS(=O)(=O)c2c(C)n[nH]c2C)C1. The van der Waals surface area contributed by atoms with Gasteiger partial charge in [-0.25, -0.2) is 13.1 Å². The number of ether oxygens (including phenoxy) is 1. The number of rotatable bonds is 4. The zero-order valence-corrected chi connectivity index (χ0v) is 11.0. The largest absolute Gasteiger partial charge is 0.381 e. The third kappa shape index (κ3) is 2.36. The molecule has 0 radical (unpaired) electrons. The molecule has 0 atom stereocenters. The highest BCUT2D eigenvalue weighted by atomic mass is 32.2. The van der Waals surface area contributed by atoms with Crippen LogP contribution < -0.4 is 4.72 Å². The van der Waals surface area contributed by atoms with Crippen molar-refractivity contribution in [1.29, 1.82) is 0 Å². The maximum Gasteiger partial charge on any atom is 0.244 e. The van der Waals surface area contributed by atoms with Crippen LogP contribution in [0.2, 0.25) is 0 Å². The lowest BCUT2D eigenvalue weighted by Gasteiger charge is -2.34. The number of aromatic nitrogens is 2. The van der Waals surface area contributed by atoms with Gasteiger partial charge in [-0.05, 0) is 26.7 Å². The van der Waals surface area contributed by atoms with Crippen LogP contribution in [0.15, 0.2) is 4.90 Å². The number of aromatic amines is 1. The number of sulfonamides is 1. The first-order valence-corrected chi connectivity index (χ1v) is 6.99. The van der Waals surface area contributed by atoms with Gasteiger partial charge in [0.2, 0.25) is 10.0 Å². The molecule has 7 heteroatoms. The molecule has 0 aromatic carbocycles. The third-order valence-electron chi connectivity index (χ3n) is 3.08. The van der Waals surface area contributed by atoms with Gasteiger partial charge < -0.3 is 4.74 Å². The Hall–Kier alpha value is -0.920.